The quantitative estimate of drug-likeness (QED) is 0.857. The van der Waals surface area contributed by atoms with Crippen LogP contribution in [0.25, 0.3) is 10.9 Å². The highest BCUT2D eigenvalue weighted by Gasteiger charge is 2.05. The van der Waals surface area contributed by atoms with Gasteiger partial charge in [-0.2, -0.15) is 0 Å². The molecule has 0 amide bonds. The van der Waals surface area contributed by atoms with E-state index in [2.05, 4.69) is 16.9 Å². The van der Waals surface area contributed by atoms with Crippen molar-refractivity contribution in [3.8, 4) is 0 Å². The molecule has 0 atom stereocenters. The highest BCUT2D eigenvalue weighted by molar-refractivity contribution is 6.29. The number of fused-ring (bicyclic) bond motifs is 1. The van der Waals surface area contributed by atoms with E-state index in [1.807, 2.05) is 24.3 Å². The van der Waals surface area contributed by atoms with E-state index < -0.39 is 0 Å². The minimum Gasteiger partial charge on any atom is -0.396 e. The van der Waals surface area contributed by atoms with E-state index in [-0.39, 0.29) is 0 Å². The Morgan fingerprint density at radius 2 is 2.19 bits per heavy atom. The standard InChI is InChI=1S/C12H12ClN3/c1-8(13)6-16-12-9-4-2-3-5-11(9)15-7-10(12)14/h2-5,7H,1,6,14H2,(H,15,16). The fourth-order valence-electron chi connectivity index (χ4n) is 1.54. The van der Waals surface area contributed by atoms with Crippen LogP contribution in [0.1, 0.15) is 0 Å². The van der Waals surface area contributed by atoms with Crippen LogP contribution in [-0.2, 0) is 0 Å². The topological polar surface area (TPSA) is 50.9 Å². The third-order valence-corrected chi connectivity index (χ3v) is 2.40. The Balaban J connectivity index is 2.48. The second kappa shape index (κ2) is 4.41. The zero-order valence-corrected chi connectivity index (χ0v) is 9.46. The number of nitrogens with one attached hydrogen (secondary N) is 1. The summed E-state index contributed by atoms with van der Waals surface area (Å²) in [5.74, 6) is 0. The molecule has 0 unspecified atom stereocenters. The van der Waals surface area contributed by atoms with Crippen LogP contribution in [0.3, 0.4) is 0 Å². The van der Waals surface area contributed by atoms with Crippen molar-refractivity contribution in [1.29, 1.82) is 0 Å². The summed E-state index contributed by atoms with van der Waals surface area (Å²) in [6.45, 7) is 4.11. The molecule has 0 fully saturated rings. The predicted molar refractivity (Wildman–Crippen MR) is 69.6 cm³/mol. The van der Waals surface area contributed by atoms with Gasteiger partial charge in [0.1, 0.15) is 0 Å². The highest BCUT2D eigenvalue weighted by atomic mass is 35.5. The zero-order valence-electron chi connectivity index (χ0n) is 8.70. The van der Waals surface area contributed by atoms with E-state index in [9.17, 15) is 0 Å². The second-order valence-corrected chi connectivity index (χ2v) is 4.01. The highest BCUT2D eigenvalue weighted by Crippen LogP contribution is 2.27. The van der Waals surface area contributed by atoms with E-state index in [0.29, 0.717) is 17.3 Å². The summed E-state index contributed by atoms with van der Waals surface area (Å²) in [5, 5.41) is 4.69. The van der Waals surface area contributed by atoms with Crippen molar-refractivity contribution in [3.05, 3.63) is 42.1 Å². The molecule has 1 aromatic carbocycles. The molecular formula is C12H12ClN3. The van der Waals surface area contributed by atoms with Crippen molar-refractivity contribution in [2.75, 3.05) is 17.6 Å². The van der Waals surface area contributed by atoms with Gasteiger partial charge in [0.25, 0.3) is 0 Å². The van der Waals surface area contributed by atoms with Crippen LogP contribution in [0.2, 0.25) is 0 Å². The monoisotopic (exact) mass is 233 g/mol. The number of anilines is 2. The molecule has 0 aliphatic heterocycles. The van der Waals surface area contributed by atoms with Gasteiger partial charge in [0.05, 0.1) is 29.6 Å². The lowest BCUT2D eigenvalue weighted by molar-refractivity contribution is 1.31. The van der Waals surface area contributed by atoms with E-state index in [1.54, 1.807) is 6.20 Å². The van der Waals surface area contributed by atoms with Crippen LogP contribution >= 0.6 is 11.6 Å². The molecule has 0 saturated heterocycles. The largest absolute Gasteiger partial charge is 0.396 e. The van der Waals surface area contributed by atoms with Crippen LogP contribution in [0, 0.1) is 0 Å². The van der Waals surface area contributed by atoms with E-state index in [0.717, 1.165) is 16.6 Å². The van der Waals surface area contributed by atoms with Gasteiger partial charge in [-0.3, -0.25) is 4.98 Å². The number of hydrogen-bond acceptors (Lipinski definition) is 3. The number of benzene rings is 1. The van der Waals surface area contributed by atoms with Gasteiger partial charge in [0.2, 0.25) is 0 Å². The maximum atomic E-state index is 5.88. The Morgan fingerprint density at radius 3 is 2.94 bits per heavy atom. The van der Waals surface area contributed by atoms with Crippen LogP contribution in [-0.4, -0.2) is 11.5 Å². The zero-order chi connectivity index (χ0) is 11.5. The Kier molecular flexibility index (Phi) is 2.97. The maximum absolute atomic E-state index is 5.88. The smallest absolute Gasteiger partial charge is 0.0743 e. The van der Waals surface area contributed by atoms with Gasteiger partial charge in [-0.25, -0.2) is 0 Å². The van der Waals surface area contributed by atoms with Gasteiger partial charge in [-0.05, 0) is 6.07 Å². The molecule has 0 spiro atoms. The van der Waals surface area contributed by atoms with E-state index >= 15 is 0 Å². The first-order valence-electron chi connectivity index (χ1n) is 4.89. The molecular weight excluding hydrogens is 222 g/mol. The summed E-state index contributed by atoms with van der Waals surface area (Å²) in [4.78, 5) is 4.25. The Morgan fingerprint density at radius 1 is 1.44 bits per heavy atom. The number of nitrogens with two attached hydrogens (primary N) is 1. The van der Waals surface area contributed by atoms with Crippen molar-refractivity contribution in [1.82, 2.24) is 4.98 Å². The van der Waals surface area contributed by atoms with Gasteiger partial charge < -0.3 is 11.1 Å². The Labute approximate surface area is 98.9 Å². The molecule has 2 aromatic rings. The number of aromatic nitrogens is 1. The molecule has 0 aliphatic rings. The average Bonchev–Trinajstić information content (AvgIpc) is 2.27. The van der Waals surface area contributed by atoms with Crippen molar-refractivity contribution < 1.29 is 0 Å². The molecule has 0 aliphatic carbocycles. The normalized spacial score (nSPS) is 10.3. The third-order valence-electron chi connectivity index (χ3n) is 2.26. The van der Waals surface area contributed by atoms with Gasteiger partial charge in [-0.1, -0.05) is 36.4 Å². The Hall–Kier alpha value is -1.74. The number of halogens is 1. The molecule has 3 N–H and O–H groups in total. The second-order valence-electron chi connectivity index (χ2n) is 3.48. The van der Waals surface area contributed by atoms with Crippen molar-refractivity contribution in [3.63, 3.8) is 0 Å². The average molecular weight is 234 g/mol. The lowest BCUT2D eigenvalue weighted by Crippen LogP contribution is -2.05. The minimum absolute atomic E-state index is 0.486. The number of para-hydroxylation sites is 1. The summed E-state index contributed by atoms with van der Waals surface area (Å²) in [5.41, 5.74) is 8.24. The number of nitrogens with zero attached hydrogens (tertiary/aromatic N) is 1. The van der Waals surface area contributed by atoms with Crippen molar-refractivity contribution in [2.24, 2.45) is 0 Å². The van der Waals surface area contributed by atoms with Crippen LogP contribution < -0.4 is 11.1 Å². The number of pyridine rings is 1. The summed E-state index contributed by atoms with van der Waals surface area (Å²) < 4.78 is 0. The number of hydrogen-bond donors (Lipinski definition) is 2. The van der Waals surface area contributed by atoms with Gasteiger partial charge in [-0.15, -0.1) is 0 Å². The Bertz CT molecular complexity index is 537. The third kappa shape index (κ3) is 2.09. The maximum Gasteiger partial charge on any atom is 0.0743 e. The minimum atomic E-state index is 0.486. The fraction of sp³-hybridized carbons (Fsp3) is 0.0833. The lowest BCUT2D eigenvalue weighted by atomic mass is 10.1. The van der Waals surface area contributed by atoms with Gasteiger partial charge >= 0.3 is 0 Å². The van der Waals surface area contributed by atoms with E-state index in [4.69, 9.17) is 17.3 Å². The van der Waals surface area contributed by atoms with Gasteiger partial charge in [0, 0.05) is 10.4 Å². The summed E-state index contributed by atoms with van der Waals surface area (Å²) in [6.07, 6.45) is 1.64. The van der Waals surface area contributed by atoms with Crippen molar-refractivity contribution in [2.45, 2.75) is 0 Å². The first kappa shape index (κ1) is 10.8. The molecule has 82 valence electrons. The molecule has 1 aromatic heterocycles. The first-order chi connectivity index (χ1) is 7.68. The molecule has 3 nitrogen and oxygen atoms in total. The molecule has 4 heteroatoms. The molecule has 0 bridgehead atoms. The molecule has 16 heavy (non-hydrogen) atoms. The van der Waals surface area contributed by atoms with E-state index in [1.165, 1.54) is 0 Å². The molecule has 0 radical (unpaired) electrons. The van der Waals surface area contributed by atoms with Crippen molar-refractivity contribution >= 4 is 33.9 Å². The van der Waals surface area contributed by atoms with Crippen LogP contribution in [0.4, 0.5) is 11.4 Å². The first-order valence-corrected chi connectivity index (χ1v) is 5.26. The molecule has 0 saturated carbocycles. The van der Waals surface area contributed by atoms with Gasteiger partial charge in [0.15, 0.2) is 0 Å². The fourth-order valence-corrected chi connectivity index (χ4v) is 1.61. The van der Waals surface area contributed by atoms with Crippen LogP contribution in [0.15, 0.2) is 42.1 Å². The van der Waals surface area contributed by atoms with Crippen LogP contribution in [0.5, 0.6) is 0 Å². The molecule has 1 heterocycles. The summed E-state index contributed by atoms with van der Waals surface area (Å²) in [7, 11) is 0. The SMILES string of the molecule is C=C(Cl)CNc1c(N)cnc2ccccc12. The number of rotatable bonds is 3. The number of nitrogen functional groups attached to an aromatic ring is 1. The predicted octanol–water partition coefficient (Wildman–Crippen LogP) is 2.98. The lowest BCUT2D eigenvalue weighted by Gasteiger charge is -2.11. The summed E-state index contributed by atoms with van der Waals surface area (Å²) in [6, 6.07) is 7.80. The summed E-state index contributed by atoms with van der Waals surface area (Å²) >= 11 is 5.72. The molecule has 2 rings (SSSR count).